The lowest BCUT2D eigenvalue weighted by Crippen LogP contribution is -2.48. The summed E-state index contributed by atoms with van der Waals surface area (Å²) < 4.78 is 29.0. The molecular formula is C25H26N2O7S. The van der Waals surface area contributed by atoms with Crippen LogP contribution in [-0.2, 0) is 30.6 Å². The summed E-state index contributed by atoms with van der Waals surface area (Å²) in [6.45, 7) is 1.38. The molecular weight excluding hydrogens is 472 g/mol. The number of hydrogen-bond donors (Lipinski definition) is 0. The van der Waals surface area contributed by atoms with E-state index in [-0.39, 0.29) is 35.6 Å². The quantitative estimate of drug-likeness (QED) is 0.400. The zero-order chi connectivity index (χ0) is 25.2. The second-order valence-electron chi connectivity index (χ2n) is 8.58. The summed E-state index contributed by atoms with van der Waals surface area (Å²) in [6, 6.07) is 13.5. The van der Waals surface area contributed by atoms with Crippen LogP contribution in [0.3, 0.4) is 0 Å². The van der Waals surface area contributed by atoms with Crippen LogP contribution >= 0.6 is 0 Å². The highest BCUT2D eigenvalue weighted by atomic mass is 32.2. The second kappa shape index (κ2) is 9.99. The molecule has 0 bridgehead atoms. The maximum Gasteiger partial charge on any atom is 0.330 e. The second-order valence-corrected chi connectivity index (χ2v) is 10.8. The van der Waals surface area contributed by atoms with Gasteiger partial charge in [-0.3, -0.25) is 19.3 Å². The molecule has 2 aromatic carbocycles. The van der Waals surface area contributed by atoms with E-state index in [2.05, 4.69) is 0 Å². The largest absolute Gasteiger partial charge is 0.454 e. The van der Waals surface area contributed by atoms with E-state index in [4.69, 9.17) is 4.74 Å². The predicted octanol–water partition coefficient (Wildman–Crippen LogP) is 1.47. The molecule has 10 heteroatoms. The summed E-state index contributed by atoms with van der Waals surface area (Å²) in [5, 5.41) is 0. The van der Waals surface area contributed by atoms with Gasteiger partial charge in [-0.25, -0.2) is 13.2 Å². The smallest absolute Gasteiger partial charge is 0.330 e. The van der Waals surface area contributed by atoms with Gasteiger partial charge in [-0.15, -0.1) is 0 Å². The molecule has 2 aromatic rings. The van der Waals surface area contributed by atoms with E-state index in [1.165, 1.54) is 17.0 Å². The predicted molar refractivity (Wildman–Crippen MR) is 126 cm³/mol. The molecule has 2 atom stereocenters. The fourth-order valence-electron chi connectivity index (χ4n) is 4.58. The Morgan fingerprint density at radius 2 is 1.63 bits per heavy atom. The number of amides is 3. The van der Waals surface area contributed by atoms with Crippen LogP contribution in [0.25, 0.3) is 0 Å². The molecule has 0 radical (unpaired) electrons. The van der Waals surface area contributed by atoms with Gasteiger partial charge < -0.3 is 9.64 Å². The molecule has 0 aliphatic carbocycles. The van der Waals surface area contributed by atoms with Crippen LogP contribution in [0.4, 0.5) is 0 Å². The van der Waals surface area contributed by atoms with Gasteiger partial charge in [0.05, 0.1) is 22.6 Å². The van der Waals surface area contributed by atoms with E-state index in [0.717, 1.165) is 4.90 Å². The highest BCUT2D eigenvalue weighted by Crippen LogP contribution is 2.26. The number of hydrogen-bond acceptors (Lipinski definition) is 7. The van der Waals surface area contributed by atoms with Gasteiger partial charge in [0, 0.05) is 19.0 Å². The fraction of sp³-hybridized carbons (Fsp3) is 0.360. The lowest BCUT2D eigenvalue weighted by Gasteiger charge is -2.28. The summed E-state index contributed by atoms with van der Waals surface area (Å²) in [5.74, 6) is -2.70. The van der Waals surface area contributed by atoms with E-state index < -0.39 is 52.2 Å². The van der Waals surface area contributed by atoms with Crippen LogP contribution in [0, 0.1) is 0 Å². The van der Waals surface area contributed by atoms with Crippen LogP contribution in [0.1, 0.15) is 39.6 Å². The van der Waals surface area contributed by atoms with E-state index >= 15 is 0 Å². The number of carbonyl (C=O) groups is 4. The molecule has 35 heavy (non-hydrogen) atoms. The van der Waals surface area contributed by atoms with Crippen molar-refractivity contribution in [1.82, 2.24) is 9.80 Å². The number of carbonyl (C=O) groups excluding carboxylic acids is 4. The molecule has 2 aliphatic rings. The molecule has 0 saturated carbocycles. The van der Waals surface area contributed by atoms with Gasteiger partial charge in [0.2, 0.25) is 0 Å². The minimum atomic E-state index is -3.20. The van der Waals surface area contributed by atoms with Crippen LogP contribution in [-0.4, -0.2) is 78.6 Å². The van der Waals surface area contributed by atoms with Crippen molar-refractivity contribution in [3.8, 4) is 0 Å². The average Bonchev–Trinajstić information content (AvgIpc) is 3.33. The summed E-state index contributed by atoms with van der Waals surface area (Å²) in [7, 11) is -3.20. The normalized spacial score (nSPS) is 19.3. The third kappa shape index (κ3) is 5.12. The average molecular weight is 499 g/mol. The van der Waals surface area contributed by atoms with Gasteiger partial charge in [-0.2, -0.15) is 0 Å². The van der Waals surface area contributed by atoms with E-state index in [1.54, 1.807) is 49.4 Å². The zero-order valence-corrected chi connectivity index (χ0v) is 20.1. The molecule has 0 aromatic heterocycles. The van der Waals surface area contributed by atoms with Crippen LogP contribution in [0.15, 0.2) is 54.6 Å². The Kier molecular flexibility index (Phi) is 7.02. The maximum absolute atomic E-state index is 13.2. The summed E-state index contributed by atoms with van der Waals surface area (Å²) in [6.07, 6.45) is 0.360. The van der Waals surface area contributed by atoms with Crippen molar-refractivity contribution >= 4 is 33.5 Å². The standard InChI is InChI=1S/C25H26N2O7S/c1-2-26(18-12-13-35(32,33)16-18)22(28)15-34-25(31)21(14-17-8-4-3-5-9-17)27-23(29)19-10-6-7-11-20(19)24(27)30/h3-11,18,21H,2,12-16H2,1H3/t18?,21-/m1/s1. The van der Waals surface area contributed by atoms with Gasteiger partial charge >= 0.3 is 5.97 Å². The Hall–Kier alpha value is -3.53. The molecule has 3 amide bonds. The number of imide groups is 1. The molecule has 4 rings (SSSR count). The van der Waals surface area contributed by atoms with Crippen LogP contribution < -0.4 is 0 Å². The van der Waals surface area contributed by atoms with Crippen molar-refractivity contribution in [2.24, 2.45) is 0 Å². The van der Waals surface area contributed by atoms with Crippen molar-refractivity contribution in [1.29, 1.82) is 0 Å². The molecule has 1 fully saturated rings. The highest BCUT2D eigenvalue weighted by Gasteiger charge is 2.43. The number of esters is 1. The van der Waals surface area contributed by atoms with Gasteiger partial charge in [-0.1, -0.05) is 42.5 Å². The van der Waals surface area contributed by atoms with Gasteiger partial charge in [0.15, 0.2) is 16.4 Å². The first kappa shape index (κ1) is 24.6. The highest BCUT2D eigenvalue weighted by molar-refractivity contribution is 7.91. The van der Waals surface area contributed by atoms with Gasteiger partial charge in [-0.05, 0) is 31.0 Å². The Labute approximate surface area is 203 Å². The molecule has 2 heterocycles. The van der Waals surface area contributed by atoms with Crippen molar-refractivity contribution in [3.05, 3.63) is 71.3 Å². The Morgan fingerprint density at radius 1 is 1.03 bits per heavy atom. The van der Waals surface area contributed by atoms with E-state index in [9.17, 15) is 27.6 Å². The first-order valence-corrected chi connectivity index (χ1v) is 13.2. The van der Waals surface area contributed by atoms with Crippen molar-refractivity contribution in [3.63, 3.8) is 0 Å². The zero-order valence-electron chi connectivity index (χ0n) is 19.3. The van der Waals surface area contributed by atoms with Crippen LogP contribution in [0.2, 0.25) is 0 Å². The summed E-state index contributed by atoms with van der Waals surface area (Å²) in [5.41, 5.74) is 1.13. The number of nitrogens with zero attached hydrogens (tertiary/aromatic N) is 2. The van der Waals surface area contributed by atoms with Gasteiger partial charge in [0.25, 0.3) is 17.7 Å². The monoisotopic (exact) mass is 498 g/mol. The molecule has 1 saturated heterocycles. The Morgan fingerprint density at radius 3 is 2.17 bits per heavy atom. The number of ether oxygens (including phenoxy) is 1. The third-order valence-electron chi connectivity index (χ3n) is 6.33. The Bertz CT molecular complexity index is 1220. The lowest BCUT2D eigenvalue weighted by molar-refractivity contribution is -0.155. The van der Waals surface area contributed by atoms with E-state index in [0.29, 0.717) is 12.0 Å². The topological polar surface area (TPSA) is 118 Å². The number of fused-ring (bicyclic) bond motifs is 1. The minimum absolute atomic E-state index is 0.0140. The summed E-state index contributed by atoms with van der Waals surface area (Å²) in [4.78, 5) is 54.3. The summed E-state index contributed by atoms with van der Waals surface area (Å²) >= 11 is 0. The first-order valence-electron chi connectivity index (χ1n) is 11.4. The third-order valence-corrected chi connectivity index (χ3v) is 8.08. The Balaban J connectivity index is 1.52. The lowest BCUT2D eigenvalue weighted by atomic mass is 10.0. The van der Waals surface area contributed by atoms with Gasteiger partial charge in [0.1, 0.15) is 6.04 Å². The fourth-order valence-corrected chi connectivity index (χ4v) is 6.31. The van der Waals surface area contributed by atoms with Crippen molar-refractivity contribution < 1.29 is 32.3 Å². The molecule has 9 nitrogen and oxygen atoms in total. The number of likely N-dealkylation sites (N-methyl/N-ethyl adjacent to an activating group) is 1. The van der Waals surface area contributed by atoms with Crippen LogP contribution in [0.5, 0.6) is 0 Å². The first-order chi connectivity index (χ1) is 16.7. The van der Waals surface area contributed by atoms with E-state index in [1.807, 2.05) is 0 Å². The SMILES string of the molecule is CCN(C(=O)COC(=O)[C@@H](Cc1ccccc1)N1C(=O)c2ccccc2C1=O)C1CCS(=O)(=O)C1. The van der Waals surface area contributed by atoms with Crippen molar-refractivity contribution in [2.45, 2.75) is 31.8 Å². The molecule has 0 N–H and O–H groups in total. The minimum Gasteiger partial charge on any atom is -0.454 e. The number of benzene rings is 2. The molecule has 0 spiro atoms. The molecule has 2 aliphatic heterocycles. The van der Waals surface area contributed by atoms with Crippen molar-refractivity contribution in [2.75, 3.05) is 24.7 Å². The maximum atomic E-state index is 13.2. The number of sulfone groups is 1. The molecule has 1 unspecified atom stereocenters. The molecule has 184 valence electrons. The number of rotatable bonds is 8.